The molecule has 0 bridgehead atoms. The van der Waals surface area contributed by atoms with Crippen LogP contribution in [0, 0.1) is 0 Å². The molecule has 1 unspecified atom stereocenters. The fraction of sp³-hybridized carbons (Fsp3) is 0.381. The van der Waals surface area contributed by atoms with Gasteiger partial charge < -0.3 is 19.5 Å². The molecule has 2 heterocycles. The van der Waals surface area contributed by atoms with Gasteiger partial charge in [0.2, 0.25) is 6.10 Å². The molecule has 27 heavy (non-hydrogen) atoms. The van der Waals surface area contributed by atoms with Gasteiger partial charge in [0.25, 0.3) is 5.91 Å². The van der Waals surface area contributed by atoms with E-state index in [9.17, 15) is 4.79 Å². The Morgan fingerprint density at radius 2 is 1.81 bits per heavy atom. The van der Waals surface area contributed by atoms with Gasteiger partial charge in [-0.3, -0.25) is 9.69 Å². The van der Waals surface area contributed by atoms with Gasteiger partial charge in [-0.05, 0) is 23.3 Å². The smallest absolute Gasteiger partial charge is 0.264 e. The summed E-state index contributed by atoms with van der Waals surface area (Å²) in [4.78, 5) is 14.8. The number of carbonyl (C=O) groups excluding carboxylic acids is 1. The lowest BCUT2D eigenvalue weighted by molar-refractivity contribution is -0.130. The number of amides is 1. The van der Waals surface area contributed by atoms with Crippen LogP contribution in [0.3, 0.4) is 0 Å². The van der Waals surface area contributed by atoms with E-state index in [4.69, 9.17) is 14.2 Å². The molecule has 2 aliphatic rings. The number of nitrogens with zero attached hydrogens (tertiary/aromatic N) is 1. The van der Waals surface area contributed by atoms with Crippen LogP contribution in [0.25, 0.3) is 0 Å². The minimum absolute atomic E-state index is 0.164. The standard InChI is InChI=1S/C21H24N2O4/c24-21(20-15-26-18-6-1-2-7-19(18)27-20)22-13-16-4-3-5-17(12-16)14-23-8-10-25-11-9-23/h1-7,12,20H,8-11,13-15H2,(H,22,24). The lowest BCUT2D eigenvalue weighted by atomic mass is 10.1. The quantitative estimate of drug-likeness (QED) is 0.875. The number of hydrogen-bond donors (Lipinski definition) is 1. The third-order valence-corrected chi connectivity index (χ3v) is 4.77. The van der Waals surface area contributed by atoms with Crippen molar-refractivity contribution in [3.05, 3.63) is 59.7 Å². The van der Waals surface area contributed by atoms with Gasteiger partial charge in [-0.25, -0.2) is 0 Å². The summed E-state index contributed by atoms with van der Waals surface area (Å²) in [6.07, 6.45) is -0.628. The average molecular weight is 368 g/mol. The van der Waals surface area contributed by atoms with Crippen molar-refractivity contribution in [3.63, 3.8) is 0 Å². The topological polar surface area (TPSA) is 60.0 Å². The highest BCUT2D eigenvalue weighted by Crippen LogP contribution is 2.30. The van der Waals surface area contributed by atoms with E-state index in [-0.39, 0.29) is 12.5 Å². The van der Waals surface area contributed by atoms with Crippen molar-refractivity contribution >= 4 is 5.91 Å². The summed E-state index contributed by atoms with van der Waals surface area (Å²) in [5.74, 6) is 1.12. The van der Waals surface area contributed by atoms with Gasteiger partial charge in [-0.1, -0.05) is 36.4 Å². The molecule has 2 aliphatic heterocycles. The fourth-order valence-corrected chi connectivity index (χ4v) is 3.31. The maximum Gasteiger partial charge on any atom is 0.264 e. The number of hydrogen-bond acceptors (Lipinski definition) is 5. The normalized spacial score (nSPS) is 19.5. The van der Waals surface area contributed by atoms with Crippen LogP contribution in [0.4, 0.5) is 0 Å². The van der Waals surface area contributed by atoms with E-state index < -0.39 is 6.10 Å². The summed E-state index contributed by atoms with van der Waals surface area (Å²) in [6, 6.07) is 15.7. The summed E-state index contributed by atoms with van der Waals surface area (Å²) < 4.78 is 16.8. The predicted octanol–water partition coefficient (Wildman–Crippen LogP) is 1.97. The molecule has 6 nitrogen and oxygen atoms in total. The van der Waals surface area contributed by atoms with E-state index in [1.807, 2.05) is 36.4 Å². The molecule has 142 valence electrons. The van der Waals surface area contributed by atoms with Crippen molar-refractivity contribution in [1.29, 1.82) is 0 Å². The molecule has 0 spiro atoms. The van der Waals surface area contributed by atoms with Crippen LogP contribution in [0.2, 0.25) is 0 Å². The van der Waals surface area contributed by atoms with E-state index in [0.29, 0.717) is 18.0 Å². The first-order chi connectivity index (χ1) is 13.3. The Kier molecular flexibility index (Phi) is 5.55. The number of ether oxygens (including phenoxy) is 3. The molecule has 6 heteroatoms. The van der Waals surface area contributed by atoms with E-state index in [0.717, 1.165) is 38.4 Å². The molecule has 2 aromatic rings. The lowest BCUT2D eigenvalue weighted by Gasteiger charge is -2.27. The second-order valence-corrected chi connectivity index (χ2v) is 6.79. The maximum atomic E-state index is 12.4. The molecule has 0 radical (unpaired) electrons. The molecule has 1 saturated heterocycles. The third-order valence-electron chi connectivity index (χ3n) is 4.77. The van der Waals surface area contributed by atoms with Gasteiger partial charge in [0, 0.05) is 26.2 Å². The number of carbonyl (C=O) groups is 1. The van der Waals surface area contributed by atoms with Crippen molar-refractivity contribution in [2.24, 2.45) is 0 Å². The predicted molar refractivity (Wildman–Crippen MR) is 101 cm³/mol. The Morgan fingerprint density at radius 3 is 2.67 bits per heavy atom. The van der Waals surface area contributed by atoms with E-state index in [1.165, 1.54) is 5.56 Å². The molecule has 1 N–H and O–H groups in total. The number of rotatable bonds is 5. The summed E-state index contributed by atoms with van der Waals surface area (Å²) in [7, 11) is 0. The zero-order valence-electron chi connectivity index (χ0n) is 15.2. The van der Waals surface area contributed by atoms with Gasteiger partial charge in [0.05, 0.1) is 13.2 Å². The Hall–Kier alpha value is -2.57. The number of fused-ring (bicyclic) bond motifs is 1. The van der Waals surface area contributed by atoms with Crippen LogP contribution in [0.5, 0.6) is 11.5 Å². The van der Waals surface area contributed by atoms with Crippen molar-refractivity contribution in [3.8, 4) is 11.5 Å². The van der Waals surface area contributed by atoms with E-state index >= 15 is 0 Å². The lowest BCUT2D eigenvalue weighted by Crippen LogP contribution is -2.43. The van der Waals surface area contributed by atoms with Crippen LogP contribution in [-0.4, -0.2) is 49.8 Å². The maximum absolute atomic E-state index is 12.4. The number of nitrogens with one attached hydrogen (secondary N) is 1. The number of benzene rings is 2. The van der Waals surface area contributed by atoms with E-state index in [1.54, 1.807) is 0 Å². The van der Waals surface area contributed by atoms with Crippen LogP contribution < -0.4 is 14.8 Å². The van der Waals surface area contributed by atoms with Gasteiger partial charge in [0.15, 0.2) is 11.5 Å². The summed E-state index contributed by atoms with van der Waals surface area (Å²) in [5.41, 5.74) is 2.32. The average Bonchev–Trinajstić information content (AvgIpc) is 2.73. The summed E-state index contributed by atoms with van der Waals surface area (Å²) >= 11 is 0. The minimum Gasteiger partial charge on any atom is -0.485 e. The van der Waals surface area contributed by atoms with Crippen LogP contribution in [0.1, 0.15) is 11.1 Å². The van der Waals surface area contributed by atoms with Crippen molar-refractivity contribution in [2.75, 3.05) is 32.9 Å². The molecule has 4 rings (SSSR count). The Labute approximate surface area is 159 Å². The van der Waals surface area contributed by atoms with Crippen molar-refractivity contribution < 1.29 is 19.0 Å². The van der Waals surface area contributed by atoms with Crippen LogP contribution in [0.15, 0.2) is 48.5 Å². The zero-order valence-corrected chi connectivity index (χ0v) is 15.2. The third kappa shape index (κ3) is 4.59. The molecule has 0 saturated carbocycles. The second kappa shape index (κ2) is 8.41. The molecule has 1 fully saturated rings. The van der Waals surface area contributed by atoms with Crippen LogP contribution in [-0.2, 0) is 22.6 Å². The Balaban J connectivity index is 1.31. The van der Waals surface area contributed by atoms with Crippen molar-refractivity contribution in [2.45, 2.75) is 19.2 Å². The second-order valence-electron chi connectivity index (χ2n) is 6.79. The first-order valence-electron chi connectivity index (χ1n) is 9.32. The first-order valence-corrected chi connectivity index (χ1v) is 9.32. The largest absolute Gasteiger partial charge is 0.485 e. The molecular formula is C21H24N2O4. The Morgan fingerprint density at radius 1 is 1.04 bits per heavy atom. The molecule has 2 aromatic carbocycles. The number of para-hydroxylation sites is 2. The fourth-order valence-electron chi connectivity index (χ4n) is 3.31. The summed E-state index contributed by atoms with van der Waals surface area (Å²) in [6.45, 7) is 5.10. The first kappa shape index (κ1) is 17.8. The molecule has 0 aromatic heterocycles. The SMILES string of the molecule is O=C(NCc1cccc(CN2CCOCC2)c1)C1COc2ccccc2O1. The highest BCUT2D eigenvalue weighted by molar-refractivity contribution is 5.81. The van der Waals surface area contributed by atoms with Gasteiger partial charge in [-0.15, -0.1) is 0 Å². The minimum atomic E-state index is -0.628. The van der Waals surface area contributed by atoms with Crippen molar-refractivity contribution in [1.82, 2.24) is 10.2 Å². The van der Waals surface area contributed by atoms with Gasteiger partial charge in [-0.2, -0.15) is 0 Å². The molecule has 1 atom stereocenters. The number of morpholine rings is 1. The van der Waals surface area contributed by atoms with Gasteiger partial charge >= 0.3 is 0 Å². The highest BCUT2D eigenvalue weighted by atomic mass is 16.6. The van der Waals surface area contributed by atoms with E-state index in [2.05, 4.69) is 22.3 Å². The summed E-state index contributed by atoms with van der Waals surface area (Å²) in [5, 5.41) is 2.95. The Bertz CT molecular complexity index is 789. The monoisotopic (exact) mass is 368 g/mol. The zero-order chi connectivity index (χ0) is 18.5. The van der Waals surface area contributed by atoms with Crippen LogP contribution >= 0.6 is 0 Å². The molecule has 0 aliphatic carbocycles. The molecular weight excluding hydrogens is 344 g/mol. The van der Waals surface area contributed by atoms with Gasteiger partial charge in [0.1, 0.15) is 6.61 Å². The molecule has 1 amide bonds. The highest BCUT2D eigenvalue weighted by Gasteiger charge is 2.26.